The van der Waals surface area contributed by atoms with Crippen LogP contribution in [-0.4, -0.2) is 46.0 Å². The number of hydrogen-bond acceptors (Lipinski definition) is 7. The maximum absolute atomic E-state index is 12.6. The van der Waals surface area contributed by atoms with Gasteiger partial charge in [-0.05, 0) is 17.7 Å². The Hall–Kier alpha value is -3.56. The number of piperazine rings is 1. The monoisotopic (exact) mass is 447 g/mol. The van der Waals surface area contributed by atoms with E-state index < -0.39 is 0 Å². The standard InChI is InChI=1S/C23H21N5O3S/c29-22-19-14-20(16-5-2-1-3-6-16)32-23(19)25-21(24-22)15-26-9-11-27(12-10-26)17-7-4-8-18(13-17)28(30)31/h1-8,13-14H,9-12,15H2,(H,24,25,29). The maximum atomic E-state index is 12.6. The number of hydrogen-bond donors (Lipinski definition) is 1. The molecule has 1 aliphatic heterocycles. The van der Waals surface area contributed by atoms with Gasteiger partial charge in [0.05, 0.1) is 16.9 Å². The summed E-state index contributed by atoms with van der Waals surface area (Å²) < 4.78 is 0. The van der Waals surface area contributed by atoms with Crippen molar-refractivity contribution in [2.45, 2.75) is 6.54 Å². The van der Waals surface area contributed by atoms with E-state index in [-0.39, 0.29) is 16.2 Å². The van der Waals surface area contributed by atoms with E-state index in [4.69, 9.17) is 4.98 Å². The van der Waals surface area contributed by atoms with Crippen LogP contribution in [0.25, 0.3) is 20.7 Å². The normalized spacial score (nSPS) is 14.7. The second-order valence-electron chi connectivity index (χ2n) is 7.75. The Balaban J connectivity index is 1.29. The number of nitro groups is 1. The summed E-state index contributed by atoms with van der Waals surface area (Å²) in [6, 6.07) is 18.6. The van der Waals surface area contributed by atoms with E-state index in [2.05, 4.69) is 14.8 Å². The molecular formula is C23H21N5O3S. The van der Waals surface area contributed by atoms with E-state index in [1.807, 2.05) is 42.5 Å². The Morgan fingerprint density at radius 3 is 2.56 bits per heavy atom. The lowest BCUT2D eigenvalue weighted by Gasteiger charge is -2.35. The van der Waals surface area contributed by atoms with Crippen LogP contribution in [0.15, 0.2) is 65.5 Å². The molecule has 1 fully saturated rings. The third kappa shape index (κ3) is 4.12. The lowest BCUT2D eigenvalue weighted by molar-refractivity contribution is -0.384. The smallest absolute Gasteiger partial charge is 0.271 e. The summed E-state index contributed by atoms with van der Waals surface area (Å²) in [5, 5.41) is 11.7. The highest BCUT2D eigenvalue weighted by molar-refractivity contribution is 7.21. The molecule has 3 heterocycles. The van der Waals surface area contributed by atoms with E-state index >= 15 is 0 Å². The topological polar surface area (TPSA) is 95.4 Å². The fraction of sp³-hybridized carbons (Fsp3) is 0.217. The Morgan fingerprint density at radius 2 is 1.81 bits per heavy atom. The number of non-ortho nitro benzene ring substituents is 1. The molecule has 1 N–H and O–H groups in total. The summed E-state index contributed by atoms with van der Waals surface area (Å²) in [4.78, 5) is 37.1. The van der Waals surface area contributed by atoms with Gasteiger partial charge in [-0.1, -0.05) is 36.4 Å². The molecule has 32 heavy (non-hydrogen) atoms. The van der Waals surface area contributed by atoms with E-state index in [0.717, 1.165) is 47.1 Å². The van der Waals surface area contributed by atoms with Crippen molar-refractivity contribution in [2.75, 3.05) is 31.1 Å². The highest BCUT2D eigenvalue weighted by atomic mass is 32.1. The summed E-state index contributed by atoms with van der Waals surface area (Å²) >= 11 is 1.53. The molecular weight excluding hydrogens is 426 g/mol. The predicted octanol–water partition coefficient (Wildman–Crippen LogP) is 3.88. The minimum atomic E-state index is -0.369. The quantitative estimate of drug-likeness (QED) is 0.368. The highest BCUT2D eigenvalue weighted by Crippen LogP contribution is 2.30. The zero-order valence-corrected chi connectivity index (χ0v) is 18.0. The number of aromatic nitrogens is 2. The largest absolute Gasteiger partial charge is 0.369 e. The van der Waals surface area contributed by atoms with E-state index in [1.54, 1.807) is 12.1 Å². The lowest BCUT2D eigenvalue weighted by atomic mass is 10.2. The number of nitrogens with one attached hydrogen (secondary N) is 1. The number of fused-ring (bicyclic) bond motifs is 1. The fourth-order valence-corrected chi connectivity index (χ4v) is 5.03. The highest BCUT2D eigenvalue weighted by Gasteiger charge is 2.20. The van der Waals surface area contributed by atoms with Crippen molar-refractivity contribution in [1.82, 2.24) is 14.9 Å². The molecule has 0 saturated carbocycles. The number of benzene rings is 2. The van der Waals surface area contributed by atoms with E-state index in [1.165, 1.54) is 17.4 Å². The molecule has 8 nitrogen and oxygen atoms in total. The average Bonchev–Trinajstić information content (AvgIpc) is 3.25. The van der Waals surface area contributed by atoms with Gasteiger partial charge in [0.2, 0.25) is 0 Å². The van der Waals surface area contributed by atoms with Crippen LogP contribution < -0.4 is 10.5 Å². The molecule has 1 aliphatic rings. The van der Waals surface area contributed by atoms with Crippen molar-refractivity contribution >= 4 is 32.9 Å². The van der Waals surface area contributed by atoms with Crippen LogP contribution in [0.1, 0.15) is 5.82 Å². The average molecular weight is 448 g/mol. The van der Waals surface area contributed by atoms with Crippen LogP contribution in [0, 0.1) is 10.1 Å². The van der Waals surface area contributed by atoms with Gasteiger partial charge in [-0.15, -0.1) is 11.3 Å². The first-order valence-corrected chi connectivity index (χ1v) is 11.2. The molecule has 0 spiro atoms. The number of rotatable bonds is 5. The summed E-state index contributed by atoms with van der Waals surface area (Å²) in [7, 11) is 0. The predicted molar refractivity (Wildman–Crippen MR) is 126 cm³/mol. The van der Waals surface area contributed by atoms with Gasteiger partial charge in [-0.3, -0.25) is 19.8 Å². The van der Waals surface area contributed by atoms with Crippen LogP contribution in [0.3, 0.4) is 0 Å². The zero-order valence-electron chi connectivity index (χ0n) is 17.2. The molecule has 4 aromatic rings. The first kappa shape index (κ1) is 20.3. The Labute approximate surface area is 187 Å². The van der Waals surface area contributed by atoms with Crippen molar-refractivity contribution in [3.05, 3.63) is 87.0 Å². The number of nitrogens with zero attached hydrogens (tertiary/aromatic N) is 4. The molecule has 162 valence electrons. The molecule has 0 bridgehead atoms. The second-order valence-corrected chi connectivity index (χ2v) is 8.78. The minimum Gasteiger partial charge on any atom is -0.369 e. The zero-order chi connectivity index (χ0) is 22.1. The van der Waals surface area contributed by atoms with Gasteiger partial charge in [0.1, 0.15) is 10.7 Å². The van der Waals surface area contributed by atoms with Crippen LogP contribution in [0.4, 0.5) is 11.4 Å². The van der Waals surface area contributed by atoms with Crippen LogP contribution in [0.5, 0.6) is 0 Å². The van der Waals surface area contributed by atoms with Gasteiger partial charge in [-0.2, -0.15) is 0 Å². The second kappa shape index (κ2) is 8.52. The van der Waals surface area contributed by atoms with Crippen molar-refractivity contribution in [2.24, 2.45) is 0 Å². The Bertz CT molecular complexity index is 1330. The third-order valence-electron chi connectivity index (χ3n) is 5.66. The number of thiophene rings is 1. The SMILES string of the molecule is O=c1[nH]c(CN2CCN(c3cccc([N+](=O)[O-])c3)CC2)nc2sc(-c3ccccc3)cc12. The molecule has 0 atom stereocenters. The number of H-pyrrole nitrogens is 1. The first-order chi connectivity index (χ1) is 15.6. The summed E-state index contributed by atoms with van der Waals surface area (Å²) in [6.45, 7) is 3.64. The van der Waals surface area contributed by atoms with E-state index in [0.29, 0.717) is 17.8 Å². The fourth-order valence-electron chi connectivity index (χ4n) is 3.97. The molecule has 0 radical (unpaired) electrons. The van der Waals surface area contributed by atoms with Crippen molar-refractivity contribution in [3.8, 4) is 10.4 Å². The van der Waals surface area contributed by atoms with Crippen molar-refractivity contribution in [3.63, 3.8) is 0 Å². The van der Waals surface area contributed by atoms with Crippen molar-refractivity contribution < 1.29 is 4.92 Å². The van der Waals surface area contributed by atoms with Gasteiger partial charge in [0.25, 0.3) is 11.2 Å². The van der Waals surface area contributed by atoms with Crippen LogP contribution >= 0.6 is 11.3 Å². The van der Waals surface area contributed by atoms with Crippen LogP contribution in [0.2, 0.25) is 0 Å². The number of anilines is 1. The van der Waals surface area contributed by atoms with E-state index in [9.17, 15) is 14.9 Å². The van der Waals surface area contributed by atoms with Gasteiger partial charge in [0.15, 0.2) is 0 Å². The van der Waals surface area contributed by atoms with Gasteiger partial charge in [0, 0.05) is 48.9 Å². The first-order valence-electron chi connectivity index (χ1n) is 10.4. The maximum Gasteiger partial charge on any atom is 0.271 e. The molecule has 2 aromatic heterocycles. The number of nitro benzene ring substituents is 1. The molecule has 9 heteroatoms. The molecule has 1 saturated heterocycles. The minimum absolute atomic E-state index is 0.103. The Morgan fingerprint density at radius 1 is 1.03 bits per heavy atom. The lowest BCUT2D eigenvalue weighted by Crippen LogP contribution is -2.46. The molecule has 0 unspecified atom stereocenters. The Kier molecular flexibility index (Phi) is 5.42. The number of aromatic amines is 1. The van der Waals surface area contributed by atoms with Gasteiger partial charge < -0.3 is 9.88 Å². The molecule has 0 amide bonds. The molecule has 0 aliphatic carbocycles. The van der Waals surface area contributed by atoms with Gasteiger partial charge in [-0.25, -0.2) is 4.98 Å². The third-order valence-corrected chi connectivity index (χ3v) is 6.74. The summed E-state index contributed by atoms with van der Waals surface area (Å²) in [5.74, 6) is 0.660. The summed E-state index contributed by atoms with van der Waals surface area (Å²) in [6.07, 6.45) is 0. The van der Waals surface area contributed by atoms with Crippen molar-refractivity contribution in [1.29, 1.82) is 0 Å². The van der Waals surface area contributed by atoms with Gasteiger partial charge >= 0.3 is 0 Å². The molecule has 5 rings (SSSR count). The molecule has 2 aromatic carbocycles. The van der Waals surface area contributed by atoms with Crippen LogP contribution in [-0.2, 0) is 6.54 Å². The summed E-state index contributed by atoms with van der Waals surface area (Å²) in [5.41, 5.74) is 1.93.